The summed E-state index contributed by atoms with van der Waals surface area (Å²) in [5, 5.41) is 11.9. The molecule has 0 atom stereocenters. The van der Waals surface area contributed by atoms with Gasteiger partial charge in [0.1, 0.15) is 11.2 Å². The lowest BCUT2D eigenvalue weighted by Crippen LogP contribution is -2.29. The lowest BCUT2D eigenvalue weighted by Gasteiger charge is -2.28. The van der Waals surface area contributed by atoms with E-state index < -0.39 is 0 Å². The number of hydrogen-bond donors (Lipinski definition) is 3. The molecule has 37 heavy (non-hydrogen) atoms. The van der Waals surface area contributed by atoms with Crippen molar-refractivity contribution < 1.29 is 4.79 Å². The molecular formula is C28H28N8O. The van der Waals surface area contributed by atoms with Crippen molar-refractivity contribution in [1.29, 1.82) is 0 Å². The predicted molar refractivity (Wildman–Crippen MR) is 144 cm³/mol. The zero-order valence-corrected chi connectivity index (χ0v) is 20.5. The van der Waals surface area contributed by atoms with Crippen molar-refractivity contribution in [1.82, 2.24) is 30.1 Å². The maximum atomic E-state index is 12.4. The zero-order valence-electron chi connectivity index (χ0n) is 20.5. The van der Waals surface area contributed by atoms with Gasteiger partial charge in [0.15, 0.2) is 0 Å². The summed E-state index contributed by atoms with van der Waals surface area (Å²) < 4.78 is 0. The Kier molecular flexibility index (Phi) is 5.34. The maximum absolute atomic E-state index is 12.4. The molecule has 0 aromatic carbocycles. The minimum Gasteiger partial charge on any atom is -0.370 e. The molecule has 9 heteroatoms. The van der Waals surface area contributed by atoms with Crippen LogP contribution in [0.5, 0.6) is 0 Å². The van der Waals surface area contributed by atoms with E-state index in [-0.39, 0.29) is 11.8 Å². The van der Waals surface area contributed by atoms with Crippen LogP contribution in [0.2, 0.25) is 0 Å². The molecule has 0 radical (unpaired) electrons. The number of hydrogen-bond acceptors (Lipinski definition) is 6. The fraction of sp³-hybridized carbons (Fsp3) is 0.321. The van der Waals surface area contributed by atoms with Gasteiger partial charge >= 0.3 is 0 Å². The first-order chi connectivity index (χ1) is 18.2. The van der Waals surface area contributed by atoms with Gasteiger partial charge < -0.3 is 15.2 Å². The molecule has 1 aliphatic carbocycles. The Hall–Kier alpha value is -4.27. The molecule has 6 heterocycles. The molecule has 2 aliphatic rings. The van der Waals surface area contributed by atoms with Crippen molar-refractivity contribution in [2.45, 2.75) is 38.5 Å². The largest absolute Gasteiger partial charge is 0.370 e. The van der Waals surface area contributed by atoms with Crippen molar-refractivity contribution >= 4 is 39.2 Å². The standard InChI is InChI=1S/C28H28N8O/c37-28(17-5-4-6-17)31-19-11-18(13-29-14-19)21-7-8-22-26(33-21)27(35-34-22)23-12-20-24(32-23)15-30-16-25(20)36-9-2-1-3-10-36/h7-8,11-17,32H,1-6,9-10H2,(H,31,37)(H,34,35). The molecule has 1 saturated heterocycles. The van der Waals surface area contributed by atoms with Gasteiger partial charge in [-0.2, -0.15) is 5.10 Å². The van der Waals surface area contributed by atoms with Crippen molar-refractivity contribution in [3.63, 3.8) is 0 Å². The Balaban J connectivity index is 1.23. The SMILES string of the molecule is O=C(Nc1cncc(-c2ccc3[nH]nc(-c4cc5c(N6CCCCC6)cncc5[nH]4)c3n2)c1)C1CCC1. The highest BCUT2D eigenvalue weighted by Crippen LogP contribution is 2.34. The van der Waals surface area contributed by atoms with Gasteiger partial charge in [0.2, 0.25) is 5.91 Å². The first-order valence-corrected chi connectivity index (χ1v) is 13.1. The Morgan fingerprint density at radius 3 is 2.65 bits per heavy atom. The molecular weight excluding hydrogens is 464 g/mol. The average molecular weight is 493 g/mol. The highest BCUT2D eigenvalue weighted by atomic mass is 16.1. The van der Waals surface area contributed by atoms with Crippen LogP contribution in [0.25, 0.3) is 44.6 Å². The summed E-state index contributed by atoms with van der Waals surface area (Å²) in [6.07, 6.45) is 14.1. The first-order valence-electron chi connectivity index (χ1n) is 13.1. The predicted octanol–water partition coefficient (Wildman–Crippen LogP) is 5.29. The Morgan fingerprint density at radius 2 is 1.81 bits per heavy atom. The average Bonchev–Trinajstić information content (AvgIpc) is 3.52. The molecule has 0 spiro atoms. The van der Waals surface area contributed by atoms with Gasteiger partial charge in [-0.15, -0.1) is 0 Å². The number of anilines is 2. The molecule has 1 amide bonds. The van der Waals surface area contributed by atoms with Gasteiger partial charge in [0, 0.05) is 36.2 Å². The highest BCUT2D eigenvalue weighted by Gasteiger charge is 2.25. The van der Waals surface area contributed by atoms with Crippen LogP contribution >= 0.6 is 0 Å². The number of pyridine rings is 3. The van der Waals surface area contributed by atoms with Gasteiger partial charge in [-0.3, -0.25) is 19.9 Å². The highest BCUT2D eigenvalue weighted by molar-refractivity contribution is 5.99. The number of piperidine rings is 1. The second-order valence-corrected chi connectivity index (χ2v) is 10.1. The van der Waals surface area contributed by atoms with E-state index in [1.807, 2.05) is 30.6 Å². The summed E-state index contributed by atoms with van der Waals surface area (Å²) in [6, 6.07) is 8.01. The minimum absolute atomic E-state index is 0.0722. The van der Waals surface area contributed by atoms with Crippen LogP contribution in [0.15, 0.2) is 49.1 Å². The topological polar surface area (TPSA) is 115 Å². The van der Waals surface area contributed by atoms with Gasteiger partial charge in [-0.25, -0.2) is 4.98 Å². The van der Waals surface area contributed by atoms with Crippen LogP contribution in [-0.4, -0.2) is 49.1 Å². The maximum Gasteiger partial charge on any atom is 0.227 e. The minimum atomic E-state index is 0.0722. The van der Waals surface area contributed by atoms with Gasteiger partial charge in [-0.05, 0) is 56.4 Å². The molecule has 9 nitrogen and oxygen atoms in total. The normalized spacial score (nSPS) is 16.3. The molecule has 3 N–H and O–H groups in total. The summed E-state index contributed by atoms with van der Waals surface area (Å²) in [4.78, 5) is 32.1. The van der Waals surface area contributed by atoms with Crippen molar-refractivity contribution in [2.75, 3.05) is 23.3 Å². The number of aromatic amines is 2. The smallest absolute Gasteiger partial charge is 0.227 e. The third-order valence-corrected chi connectivity index (χ3v) is 7.66. The van der Waals surface area contributed by atoms with Crippen molar-refractivity contribution in [3.8, 4) is 22.6 Å². The number of amides is 1. The lowest BCUT2D eigenvalue weighted by molar-refractivity contribution is -0.122. The van der Waals surface area contributed by atoms with E-state index in [1.165, 1.54) is 24.9 Å². The van der Waals surface area contributed by atoms with E-state index >= 15 is 0 Å². The van der Waals surface area contributed by atoms with Gasteiger partial charge in [0.05, 0.1) is 52.4 Å². The van der Waals surface area contributed by atoms with Crippen molar-refractivity contribution in [3.05, 3.63) is 49.1 Å². The van der Waals surface area contributed by atoms with Crippen LogP contribution in [0.1, 0.15) is 38.5 Å². The van der Waals surface area contributed by atoms with Crippen LogP contribution in [0, 0.1) is 5.92 Å². The van der Waals surface area contributed by atoms with E-state index in [0.29, 0.717) is 5.69 Å². The number of aromatic nitrogens is 6. The monoisotopic (exact) mass is 492 g/mol. The van der Waals surface area contributed by atoms with E-state index in [0.717, 1.165) is 76.9 Å². The molecule has 0 bridgehead atoms. The fourth-order valence-electron chi connectivity index (χ4n) is 5.36. The molecule has 1 saturated carbocycles. The van der Waals surface area contributed by atoms with Crippen LogP contribution < -0.4 is 10.2 Å². The Labute approximate surface area is 213 Å². The zero-order chi connectivity index (χ0) is 24.8. The van der Waals surface area contributed by atoms with E-state index in [1.54, 1.807) is 12.4 Å². The van der Waals surface area contributed by atoms with Crippen LogP contribution in [-0.2, 0) is 4.79 Å². The second-order valence-electron chi connectivity index (χ2n) is 10.1. The van der Waals surface area contributed by atoms with Crippen molar-refractivity contribution in [2.24, 2.45) is 5.92 Å². The lowest BCUT2D eigenvalue weighted by atomic mass is 9.85. The summed E-state index contributed by atoms with van der Waals surface area (Å²) in [5.41, 5.74) is 7.76. The van der Waals surface area contributed by atoms with Crippen LogP contribution in [0.4, 0.5) is 11.4 Å². The Bertz CT molecular complexity index is 1610. The van der Waals surface area contributed by atoms with E-state index in [4.69, 9.17) is 4.98 Å². The molecule has 7 rings (SSSR count). The third-order valence-electron chi connectivity index (χ3n) is 7.66. The molecule has 1 aliphatic heterocycles. The second kappa shape index (κ2) is 8.99. The number of carbonyl (C=O) groups is 1. The van der Waals surface area contributed by atoms with E-state index in [2.05, 4.69) is 41.4 Å². The number of fused-ring (bicyclic) bond motifs is 2. The Morgan fingerprint density at radius 1 is 0.946 bits per heavy atom. The first kappa shape index (κ1) is 22.0. The third kappa shape index (κ3) is 4.00. The van der Waals surface area contributed by atoms with E-state index in [9.17, 15) is 4.79 Å². The molecule has 5 aromatic rings. The number of nitrogens with zero attached hydrogens (tertiary/aromatic N) is 5. The van der Waals surface area contributed by atoms with Gasteiger partial charge in [-0.1, -0.05) is 6.42 Å². The number of rotatable bonds is 5. The number of carbonyl (C=O) groups excluding carboxylic acids is 1. The molecule has 5 aromatic heterocycles. The fourth-order valence-corrected chi connectivity index (χ4v) is 5.36. The molecule has 0 unspecified atom stereocenters. The quantitative estimate of drug-likeness (QED) is 0.307. The summed E-state index contributed by atoms with van der Waals surface area (Å²) in [6.45, 7) is 2.12. The molecule has 186 valence electrons. The summed E-state index contributed by atoms with van der Waals surface area (Å²) >= 11 is 0. The summed E-state index contributed by atoms with van der Waals surface area (Å²) in [5.74, 6) is 0.191. The van der Waals surface area contributed by atoms with Crippen LogP contribution in [0.3, 0.4) is 0 Å². The van der Waals surface area contributed by atoms with Gasteiger partial charge in [0.25, 0.3) is 0 Å². The molecule has 2 fully saturated rings. The number of nitrogens with one attached hydrogen (secondary N) is 3. The summed E-state index contributed by atoms with van der Waals surface area (Å²) in [7, 11) is 0. The number of H-pyrrole nitrogens is 2.